The summed E-state index contributed by atoms with van der Waals surface area (Å²) in [4.78, 5) is 11.0. The summed E-state index contributed by atoms with van der Waals surface area (Å²) in [5, 5.41) is 13.8. The monoisotopic (exact) mass is 494 g/mol. The summed E-state index contributed by atoms with van der Waals surface area (Å²) in [5.41, 5.74) is 0.217. The van der Waals surface area contributed by atoms with Crippen LogP contribution in [0.25, 0.3) is 0 Å². The van der Waals surface area contributed by atoms with Crippen LogP contribution in [0, 0.1) is 0 Å². The highest BCUT2D eigenvalue weighted by molar-refractivity contribution is 7.85. The molecular weight excluding hydrogens is 470 g/mol. The Kier molecular flexibility index (Phi) is 4.98. The third-order valence-corrected chi connectivity index (χ3v) is 9.47. The van der Waals surface area contributed by atoms with Gasteiger partial charge in [0.2, 0.25) is 5.95 Å². The number of aromatic nitrogens is 2. The number of aliphatic hydroxyl groups excluding tert-OH is 1. The zero-order chi connectivity index (χ0) is 23.0. The Morgan fingerprint density at radius 3 is 2.45 bits per heavy atom. The van der Waals surface area contributed by atoms with Crippen LogP contribution >= 0.6 is 11.6 Å². The molecular formula is C23H25ClF2N4O2S. The van der Waals surface area contributed by atoms with Crippen molar-refractivity contribution in [3.05, 3.63) is 40.5 Å². The second-order valence-electron chi connectivity index (χ2n) is 9.83. The summed E-state index contributed by atoms with van der Waals surface area (Å²) in [6.45, 7) is -0.123. The number of fused-ring (bicyclic) bond motifs is 3. The van der Waals surface area contributed by atoms with Crippen LogP contribution in [0.3, 0.4) is 0 Å². The number of nitrogens with zero attached hydrogens (tertiary/aromatic N) is 3. The number of nitrogens with one attached hydrogen (secondary N) is 1. The molecule has 7 rings (SSSR count). The molecule has 0 spiro atoms. The lowest BCUT2D eigenvalue weighted by atomic mass is 9.71. The van der Waals surface area contributed by atoms with Crippen molar-refractivity contribution >= 4 is 34.2 Å². The van der Waals surface area contributed by atoms with Gasteiger partial charge >= 0.3 is 5.92 Å². The van der Waals surface area contributed by atoms with Gasteiger partial charge in [0.25, 0.3) is 0 Å². The largest absolute Gasteiger partial charge is 0.394 e. The zero-order valence-corrected chi connectivity index (χ0v) is 19.5. The average molecular weight is 495 g/mol. The molecule has 10 heteroatoms. The van der Waals surface area contributed by atoms with Crippen LogP contribution in [0.1, 0.15) is 55.7 Å². The fourth-order valence-corrected chi connectivity index (χ4v) is 7.25. The number of halogens is 3. The van der Waals surface area contributed by atoms with Crippen LogP contribution < -0.4 is 10.2 Å². The van der Waals surface area contributed by atoms with Crippen molar-refractivity contribution in [3.8, 4) is 0 Å². The normalized spacial score (nSPS) is 30.8. The molecule has 2 aromatic rings. The topological polar surface area (TPSA) is 78.4 Å². The second kappa shape index (κ2) is 7.58. The van der Waals surface area contributed by atoms with Gasteiger partial charge < -0.3 is 15.3 Å². The van der Waals surface area contributed by atoms with E-state index in [9.17, 15) is 18.1 Å². The van der Waals surface area contributed by atoms with Gasteiger partial charge in [-0.1, -0.05) is 23.7 Å². The number of hydrogen-bond donors (Lipinski definition) is 2. The molecule has 4 heterocycles. The number of anilines is 2. The third kappa shape index (κ3) is 3.46. The van der Waals surface area contributed by atoms with E-state index in [0.717, 1.165) is 38.5 Å². The fourth-order valence-electron chi connectivity index (χ4n) is 5.79. The predicted molar refractivity (Wildman–Crippen MR) is 123 cm³/mol. The van der Waals surface area contributed by atoms with Crippen molar-refractivity contribution in [1.29, 1.82) is 0 Å². The molecule has 2 saturated carbocycles. The van der Waals surface area contributed by atoms with Crippen LogP contribution in [-0.4, -0.2) is 49.3 Å². The van der Waals surface area contributed by atoms with Gasteiger partial charge in [-0.2, -0.15) is 13.8 Å². The molecule has 1 aromatic carbocycles. The number of hydrogen-bond acceptors (Lipinski definition) is 6. The number of rotatable bonds is 5. The molecule has 2 N–H and O–H groups in total. The minimum Gasteiger partial charge on any atom is -0.394 e. The Bertz CT molecular complexity index is 1110. The standard InChI is InChI=1S/C23H25ClF2N4O2S/c24-15-4-2-13(3-5-15)14-8-16-10-17(9-14)30(16)21-27-19-18(33(32)12-23(19,25)26)20(28-21)29-22(11-31)6-1-7-22/h2-5,14,16-17,31H,1,6-12H2,(H,27,28,29)/t14?,16?,17?,33-/m1/s1. The van der Waals surface area contributed by atoms with Crippen LogP contribution in [0.2, 0.25) is 5.02 Å². The zero-order valence-electron chi connectivity index (χ0n) is 17.9. The molecule has 2 unspecified atom stereocenters. The van der Waals surface area contributed by atoms with Gasteiger partial charge in [-0.15, -0.1) is 0 Å². The van der Waals surface area contributed by atoms with Gasteiger partial charge in [-0.05, 0) is 62.1 Å². The summed E-state index contributed by atoms with van der Waals surface area (Å²) >= 11 is 6.03. The highest BCUT2D eigenvalue weighted by Crippen LogP contribution is 2.50. The first-order valence-electron chi connectivity index (χ1n) is 11.4. The van der Waals surface area contributed by atoms with Gasteiger partial charge in [-0.25, -0.2) is 4.98 Å². The molecule has 2 bridgehead atoms. The molecule has 1 aromatic heterocycles. The summed E-state index contributed by atoms with van der Waals surface area (Å²) in [5.74, 6) is -3.17. The Morgan fingerprint density at radius 1 is 1.15 bits per heavy atom. The van der Waals surface area contributed by atoms with Crippen LogP contribution in [0.15, 0.2) is 29.2 Å². The fraction of sp³-hybridized carbons (Fsp3) is 0.565. The molecule has 0 radical (unpaired) electrons. The van der Waals surface area contributed by atoms with Crippen molar-refractivity contribution in [1.82, 2.24) is 9.97 Å². The van der Waals surface area contributed by atoms with Crippen LogP contribution in [0.5, 0.6) is 0 Å². The molecule has 3 aliphatic heterocycles. The molecule has 176 valence electrons. The first-order chi connectivity index (χ1) is 15.8. The van der Waals surface area contributed by atoms with Crippen molar-refractivity contribution in [2.24, 2.45) is 0 Å². The molecule has 33 heavy (non-hydrogen) atoms. The molecule has 0 amide bonds. The van der Waals surface area contributed by atoms with Crippen LogP contribution in [0.4, 0.5) is 20.5 Å². The Balaban J connectivity index is 1.33. The second-order valence-corrected chi connectivity index (χ2v) is 11.7. The van der Waals surface area contributed by atoms with E-state index >= 15 is 0 Å². The van der Waals surface area contributed by atoms with E-state index in [2.05, 4.69) is 32.3 Å². The lowest BCUT2D eigenvalue weighted by molar-refractivity contribution is 0.0189. The number of benzene rings is 1. The molecule has 4 fully saturated rings. The van der Waals surface area contributed by atoms with Crippen molar-refractivity contribution in [2.75, 3.05) is 22.6 Å². The summed E-state index contributed by atoms with van der Waals surface area (Å²) < 4.78 is 42.1. The summed E-state index contributed by atoms with van der Waals surface area (Å²) in [7, 11) is -1.89. The third-order valence-electron chi connectivity index (χ3n) is 7.75. The van der Waals surface area contributed by atoms with Gasteiger partial charge in [0, 0.05) is 17.1 Å². The lowest BCUT2D eigenvalue weighted by Crippen LogP contribution is -2.61. The minimum atomic E-state index is -3.26. The Labute approximate surface area is 198 Å². The maximum Gasteiger partial charge on any atom is 0.302 e. The Morgan fingerprint density at radius 2 is 1.85 bits per heavy atom. The first-order valence-corrected chi connectivity index (χ1v) is 13.1. The van der Waals surface area contributed by atoms with E-state index < -0.39 is 33.7 Å². The highest BCUT2D eigenvalue weighted by atomic mass is 35.5. The molecule has 2 aliphatic carbocycles. The molecule has 2 saturated heterocycles. The predicted octanol–water partition coefficient (Wildman–Crippen LogP) is 4.19. The summed E-state index contributed by atoms with van der Waals surface area (Å²) in [6.07, 6.45) is 5.15. The van der Waals surface area contributed by atoms with Crippen molar-refractivity contribution < 1.29 is 18.1 Å². The molecule has 5 aliphatic rings. The van der Waals surface area contributed by atoms with E-state index in [1.165, 1.54) is 5.56 Å². The van der Waals surface area contributed by atoms with Crippen molar-refractivity contribution in [2.45, 2.75) is 72.9 Å². The minimum absolute atomic E-state index is 0.00630. The Hall–Kier alpha value is -1.84. The molecule has 3 atom stereocenters. The van der Waals surface area contributed by atoms with E-state index in [1.807, 2.05) is 12.1 Å². The number of piperidine rings is 1. The van der Waals surface area contributed by atoms with E-state index in [1.54, 1.807) is 0 Å². The van der Waals surface area contributed by atoms with Gasteiger partial charge in [0.05, 0.1) is 28.7 Å². The van der Waals surface area contributed by atoms with Crippen LogP contribution in [-0.2, 0) is 16.7 Å². The maximum absolute atomic E-state index is 14.8. The van der Waals surface area contributed by atoms with Gasteiger partial charge in [0.1, 0.15) is 16.4 Å². The number of alkyl halides is 2. The van der Waals surface area contributed by atoms with Gasteiger partial charge in [-0.3, -0.25) is 4.21 Å². The average Bonchev–Trinajstić information content (AvgIpc) is 2.99. The number of aliphatic hydroxyl groups is 1. The van der Waals surface area contributed by atoms with E-state index in [0.29, 0.717) is 10.9 Å². The SMILES string of the molecule is O=[S@@]1CC(F)(F)c2nc(N3C4CC(c5ccc(Cl)cc5)CC3C4)nc(NC3(CO)CCC3)c21. The quantitative estimate of drug-likeness (QED) is 0.649. The van der Waals surface area contributed by atoms with Crippen molar-refractivity contribution in [3.63, 3.8) is 0 Å². The van der Waals surface area contributed by atoms with Gasteiger partial charge in [0.15, 0.2) is 0 Å². The van der Waals surface area contributed by atoms with E-state index in [-0.39, 0.29) is 35.4 Å². The lowest BCUT2D eigenvalue weighted by Gasteiger charge is -2.55. The smallest absolute Gasteiger partial charge is 0.302 e. The van der Waals surface area contributed by atoms with E-state index in [4.69, 9.17) is 11.6 Å². The molecule has 6 nitrogen and oxygen atoms in total. The summed E-state index contributed by atoms with van der Waals surface area (Å²) in [6, 6.07) is 8.25. The first kappa shape index (κ1) is 21.7. The maximum atomic E-state index is 14.8. The highest BCUT2D eigenvalue weighted by Gasteiger charge is 2.52.